The van der Waals surface area contributed by atoms with E-state index in [-0.39, 0.29) is 10.5 Å². The number of primary amides is 1. The van der Waals surface area contributed by atoms with Crippen molar-refractivity contribution in [2.75, 3.05) is 28.4 Å². The smallest absolute Gasteiger partial charge is 0.268 e. The monoisotopic (exact) mass is 523 g/mol. The number of ether oxygens (including phenoxy) is 4. The van der Waals surface area contributed by atoms with E-state index in [0.717, 1.165) is 3.97 Å². The lowest BCUT2D eigenvalue weighted by atomic mass is 10.1. The lowest BCUT2D eigenvalue weighted by Gasteiger charge is -2.16. The Bertz CT molecular complexity index is 1540. The number of nitrogens with two attached hydrogens (primary N) is 1. The first-order valence-corrected chi connectivity index (χ1v) is 12.3. The van der Waals surface area contributed by atoms with Crippen LogP contribution in [0.5, 0.6) is 23.0 Å². The number of carbonyl (C=O) groups is 1. The molecule has 1 amide bonds. The van der Waals surface area contributed by atoms with Crippen LogP contribution in [0, 0.1) is 0 Å². The Hall–Kier alpha value is -4.51. The van der Waals surface area contributed by atoms with Crippen molar-refractivity contribution in [2.45, 2.75) is 4.90 Å². The van der Waals surface area contributed by atoms with E-state index in [9.17, 15) is 13.2 Å². The second-order valence-electron chi connectivity index (χ2n) is 7.83. The van der Waals surface area contributed by atoms with Gasteiger partial charge in [0.05, 0.1) is 44.6 Å². The summed E-state index contributed by atoms with van der Waals surface area (Å²) >= 11 is 0. The number of rotatable bonds is 9. The fourth-order valence-electron chi connectivity index (χ4n) is 3.83. The molecule has 2 aromatic carbocycles. The fraction of sp³-hybridized carbons (Fsp3) is 0.154. The topological polar surface area (TPSA) is 132 Å². The molecule has 0 atom stereocenters. The van der Waals surface area contributed by atoms with Crippen LogP contribution in [0.2, 0.25) is 0 Å². The van der Waals surface area contributed by atoms with Crippen molar-refractivity contribution in [3.05, 3.63) is 72.7 Å². The molecule has 192 valence electrons. The molecule has 0 bridgehead atoms. The summed E-state index contributed by atoms with van der Waals surface area (Å²) in [5, 5.41) is 0. The fourth-order valence-corrected chi connectivity index (χ4v) is 5.21. The highest BCUT2D eigenvalue weighted by molar-refractivity contribution is 7.90. The van der Waals surface area contributed by atoms with Crippen LogP contribution in [0.4, 0.5) is 0 Å². The first-order chi connectivity index (χ1) is 17.7. The second-order valence-corrected chi connectivity index (χ2v) is 9.65. The molecule has 0 saturated carbocycles. The maximum Gasteiger partial charge on any atom is 0.268 e. The zero-order chi connectivity index (χ0) is 26.7. The van der Waals surface area contributed by atoms with Gasteiger partial charge in [0.25, 0.3) is 10.0 Å². The van der Waals surface area contributed by atoms with Crippen LogP contribution in [-0.2, 0) is 10.0 Å². The van der Waals surface area contributed by atoms with Crippen molar-refractivity contribution in [1.29, 1.82) is 0 Å². The van der Waals surface area contributed by atoms with Gasteiger partial charge in [0.2, 0.25) is 11.7 Å². The summed E-state index contributed by atoms with van der Waals surface area (Å²) in [4.78, 5) is 15.8. The predicted molar refractivity (Wildman–Crippen MR) is 137 cm³/mol. The van der Waals surface area contributed by atoms with Gasteiger partial charge in [0.15, 0.2) is 11.5 Å². The molecule has 2 aromatic heterocycles. The van der Waals surface area contributed by atoms with Crippen LogP contribution in [0.15, 0.2) is 72.0 Å². The molecule has 0 spiro atoms. The SMILES string of the molecule is COc1ccc(S(=O)(=O)n2cc(-c3cncc(C(N)=O)c3)cc2-c2cc(OC)c(OC)c(OC)c2)cc1. The van der Waals surface area contributed by atoms with E-state index >= 15 is 0 Å². The molecule has 0 saturated heterocycles. The molecule has 4 aromatic rings. The third-order valence-corrected chi connectivity index (χ3v) is 7.41. The average Bonchev–Trinajstić information content (AvgIpc) is 3.39. The quantitative estimate of drug-likeness (QED) is 0.352. The van der Waals surface area contributed by atoms with E-state index in [1.54, 1.807) is 36.4 Å². The number of nitrogens with zero attached hydrogens (tertiary/aromatic N) is 2. The van der Waals surface area contributed by atoms with Crippen molar-refractivity contribution >= 4 is 15.9 Å². The molecule has 11 heteroatoms. The molecule has 0 radical (unpaired) electrons. The van der Waals surface area contributed by atoms with E-state index in [0.29, 0.717) is 45.4 Å². The minimum atomic E-state index is -4.08. The molecular weight excluding hydrogens is 498 g/mol. The predicted octanol–water partition coefficient (Wildman–Crippen LogP) is 3.59. The zero-order valence-corrected chi connectivity index (χ0v) is 21.4. The Labute approximate surface area is 214 Å². The summed E-state index contributed by atoms with van der Waals surface area (Å²) in [6.45, 7) is 0. The van der Waals surface area contributed by atoms with Gasteiger partial charge in [-0.25, -0.2) is 12.4 Å². The van der Waals surface area contributed by atoms with Crippen molar-refractivity contribution in [1.82, 2.24) is 8.96 Å². The van der Waals surface area contributed by atoms with E-state index in [4.69, 9.17) is 24.7 Å². The third kappa shape index (κ3) is 4.81. The maximum absolute atomic E-state index is 13.8. The standard InChI is InChI=1S/C26H25N3O7S/c1-33-20-5-7-21(8-6-20)37(31,32)29-15-19(17-9-18(26(27)30)14-28-13-17)10-22(29)16-11-23(34-2)25(36-4)24(12-16)35-3/h5-15H,1-4H3,(H2,27,30). The minimum Gasteiger partial charge on any atom is -0.497 e. The van der Waals surface area contributed by atoms with Crippen molar-refractivity contribution in [2.24, 2.45) is 5.73 Å². The molecule has 2 N–H and O–H groups in total. The van der Waals surface area contributed by atoms with Crippen LogP contribution < -0.4 is 24.7 Å². The second kappa shape index (κ2) is 10.2. The maximum atomic E-state index is 13.8. The first-order valence-electron chi connectivity index (χ1n) is 10.9. The normalized spacial score (nSPS) is 11.1. The number of amides is 1. The lowest BCUT2D eigenvalue weighted by Crippen LogP contribution is -2.13. The number of aromatic nitrogens is 2. The largest absolute Gasteiger partial charge is 0.497 e. The van der Waals surface area contributed by atoms with Gasteiger partial charge in [0, 0.05) is 35.3 Å². The highest BCUT2D eigenvalue weighted by atomic mass is 32.2. The molecule has 0 fully saturated rings. The Morgan fingerprint density at radius 3 is 2.00 bits per heavy atom. The molecule has 0 aliphatic carbocycles. The van der Waals surface area contributed by atoms with Crippen molar-refractivity contribution in [3.8, 4) is 45.4 Å². The number of benzene rings is 2. The minimum absolute atomic E-state index is 0.0492. The molecule has 2 heterocycles. The first kappa shape index (κ1) is 25.6. The Kier molecular flexibility index (Phi) is 7.07. The van der Waals surface area contributed by atoms with Crippen LogP contribution >= 0.6 is 0 Å². The molecule has 10 nitrogen and oxygen atoms in total. The van der Waals surface area contributed by atoms with Gasteiger partial charge in [-0.15, -0.1) is 0 Å². The Morgan fingerprint density at radius 2 is 1.46 bits per heavy atom. The summed E-state index contributed by atoms with van der Waals surface area (Å²) in [5.41, 5.74) is 7.41. The summed E-state index contributed by atoms with van der Waals surface area (Å²) in [5.74, 6) is 0.940. The summed E-state index contributed by atoms with van der Waals surface area (Å²) in [7, 11) is 1.85. The van der Waals surface area contributed by atoms with Crippen LogP contribution in [-0.4, -0.2) is 51.7 Å². The summed E-state index contributed by atoms with van der Waals surface area (Å²) < 4.78 is 50.3. The van der Waals surface area contributed by atoms with Crippen molar-refractivity contribution < 1.29 is 32.2 Å². The molecule has 0 aliphatic heterocycles. The van der Waals surface area contributed by atoms with Gasteiger partial charge in [-0.05, 0) is 48.5 Å². The average molecular weight is 524 g/mol. The van der Waals surface area contributed by atoms with Gasteiger partial charge >= 0.3 is 0 Å². The highest BCUT2D eigenvalue weighted by Crippen LogP contribution is 2.42. The Balaban J connectivity index is 1.98. The lowest BCUT2D eigenvalue weighted by molar-refractivity contribution is 0.1000. The third-order valence-electron chi connectivity index (χ3n) is 5.72. The molecular formula is C26H25N3O7S. The van der Waals surface area contributed by atoms with Crippen molar-refractivity contribution in [3.63, 3.8) is 0 Å². The van der Waals surface area contributed by atoms with Gasteiger partial charge in [-0.1, -0.05) is 0 Å². The van der Waals surface area contributed by atoms with E-state index in [1.165, 1.54) is 59.2 Å². The zero-order valence-electron chi connectivity index (χ0n) is 20.6. The van der Waals surface area contributed by atoms with E-state index in [2.05, 4.69) is 4.98 Å². The van der Waals surface area contributed by atoms with Crippen LogP contribution in [0.25, 0.3) is 22.4 Å². The molecule has 0 aliphatic rings. The highest BCUT2D eigenvalue weighted by Gasteiger charge is 2.25. The summed E-state index contributed by atoms with van der Waals surface area (Å²) in [6.07, 6.45) is 4.32. The number of hydrogen-bond acceptors (Lipinski definition) is 8. The Morgan fingerprint density at radius 1 is 0.811 bits per heavy atom. The van der Waals surface area contributed by atoms with E-state index < -0.39 is 15.9 Å². The molecule has 0 unspecified atom stereocenters. The summed E-state index contributed by atoms with van der Waals surface area (Å²) in [6, 6.07) is 12.6. The van der Waals surface area contributed by atoms with Gasteiger partial charge < -0.3 is 24.7 Å². The number of hydrogen-bond donors (Lipinski definition) is 1. The number of pyridine rings is 1. The van der Waals surface area contributed by atoms with Gasteiger partial charge in [0.1, 0.15) is 5.75 Å². The molecule has 37 heavy (non-hydrogen) atoms. The van der Waals surface area contributed by atoms with Gasteiger partial charge in [-0.3, -0.25) is 9.78 Å². The number of methoxy groups -OCH3 is 4. The van der Waals surface area contributed by atoms with Gasteiger partial charge in [-0.2, -0.15) is 0 Å². The van der Waals surface area contributed by atoms with Crippen LogP contribution in [0.1, 0.15) is 10.4 Å². The number of carbonyl (C=O) groups excluding carboxylic acids is 1. The van der Waals surface area contributed by atoms with Crippen LogP contribution in [0.3, 0.4) is 0 Å². The van der Waals surface area contributed by atoms with E-state index in [1.807, 2.05) is 0 Å². The molecule has 4 rings (SSSR count).